The van der Waals surface area contributed by atoms with Crippen LogP contribution in [0.15, 0.2) is 39.9 Å². The molecule has 1 aromatic carbocycles. The van der Waals surface area contributed by atoms with Crippen molar-refractivity contribution in [3.05, 3.63) is 57.4 Å². The van der Waals surface area contributed by atoms with Crippen molar-refractivity contribution in [1.82, 2.24) is 9.58 Å². The molecule has 0 saturated heterocycles. The Labute approximate surface area is 197 Å². The average molecular weight is 468 g/mol. The van der Waals surface area contributed by atoms with E-state index in [1.165, 1.54) is 16.8 Å². The number of benzene rings is 1. The predicted octanol–water partition coefficient (Wildman–Crippen LogP) is 6.11. The maximum Gasteiger partial charge on any atom is 0.283 e. The Morgan fingerprint density at radius 3 is 2.56 bits per heavy atom. The lowest BCUT2D eigenvalue weighted by Gasteiger charge is -2.20. The van der Waals surface area contributed by atoms with E-state index in [1.54, 1.807) is 6.08 Å². The first-order chi connectivity index (χ1) is 15.2. The van der Waals surface area contributed by atoms with Crippen LogP contribution in [-0.2, 0) is 4.79 Å². The normalized spacial score (nSPS) is 17.3. The summed E-state index contributed by atoms with van der Waals surface area (Å²) in [5.74, 6) is -0.0292. The number of carbonyl (C=O) groups is 1. The summed E-state index contributed by atoms with van der Waals surface area (Å²) in [5.41, 5.74) is 5.06. The third kappa shape index (κ3) is 3.84. The topological polar surface area (TPSA) is 73.8 Å². The van der Waals surface area contributed by atoms with E-state index in [0.717, 1.165) is 46.1 Å². The molecule has 32 heavy (non-hydrogen) atoms. The number of rotatable bonds is 5. The zero-order valence-corrected chi connectivity index (χ0v) is 20.4. The molecule has 0 fully saturated rings. The summed E-state index contributed by atoms with van der Waals surface area (Å²) in [6.07, 6.45) is 3.67. The molecule has 0 saturated carbocycles. The number of thioether (sulfide) groups is 1. The van der Waals surface area contributed by atoms with Crippen molar-refractivity contribution in [2.24, 2.45) is 16.0 Å². The number of aryl methyl sites for hydroxylation is 2. The summed E-state index contributed by atoms with van der Waals surface area (Å²) in [5, 5.41) is 16.9. The summed E-state index contributed by atoms with van der Waals surface area (Å²) < 4.78 is 2.10. The molecule has 0 atom stereocenters. The van der Waals surface area contributed by atoms with E-state index in [0.29, 0.717) is 16.1 Å². The molecule has 1 amide bonds. The molecule has 0 radical (unpaired) electrons. The minimum Gasteiger partial charge on any atom is -0.318 e. The Balaban J connectivity index is 1.72. The van der Waals surface area contributed by atoms with Gasteiger partial charge in [0.2, 0.25) is 5.17 Å². The van der Waals surface area contributed by atoms with Gasteiger partial charge in [0.1, 0.15) is 5.04 Å². The molecular weight excluding hydrogens is 442 g/mol. The van der Waals surface area contributed by atoms with Crippen molar-refractivity contribution < 1.29 is 4.79 Å². The summed E-state index contributed by atoms with van der Waals surface area (Å²) in [4.78, 5) is 17.0. The number of hydrogen-bond donors (Lipinski definition) is 1. The molecule has 2 aromatic rings. The van der Waals surface area contributed by atoms with E-state index in [4.69, 9.17) is 17.0 Å². The maximum absolute atomic E-state index is 12.8. The Morgan fingerprint density at radius 2 is 1.91 bits per heavy atom. The fourth-order valence-corrected chi connectivity index (χ4v) is 5.35. The number of carbonyl (C=O) groups excluding carboxylic acids is 1. The van der Waals surface area contributed by atoms with Crippen LogP contribution in [0, 0.1) is 32.1 Å². The minimum absolute atomic E-state index is 0.0663. The van der Waals surface area contributed by atoms with Crippen molar-refractivity contribution >= 4 is 51.4 Å². The van der Waals surface area contributed by atoms with Crippen molar-refractivity contribution in [1.29, 1.82) is 5.41 Å². The Morgan fingerprint density at radius 1 is 1.19 bits per heavy atom. The molecule has 0 aliphatic carbocycles. The largest absolute Gasteiger partial charge is 0.318 e. The van der Waals surface area contributed by atoms with Crippen LogP contribution < -0.4 is 0 Å². The number of hydrazone groups is 1. The van der Waals surface area contributed by atoms with E-state index in [-0.39, 0.29) is 11.4 Å². The number of nitrogens with zero attached hydrogens (tertiary/aromatic N) is 4. The van der Waals surface area contributed by atoms with Gasteiger partial charge in [-0.05, 0) is 80.8 Å². The molecule has 1 aromatic heterocycles. The average Bonchev–Trinajstić information content (AvgIpc) is 3.29. The summed E-state index contributed by atoms with van der Waals surface area (Å²) in [7, 11) is 0. The lowest BCUT2D eigenvalue weighted by atomic mass is 10.1. The van der Waals surface area contributed by atoms with Crippen LogP contribution >= 0.6 is 23.4 Å². The highest BCUT2D eigenvalue weighted by atomic mass is 35.5. The smallest absolute Gasteiger partial charge is 0.283 e. The van der Waals surface area contributed by atoms with Crippen molar-refractivity contribution in [2.45, 2.75) is 47.5 Å². The molecule has 6 nitrogen and oxygen atoms in total. The highest BCUT2D eigenvalue weighted by Crippen LogP contribution is 2.33. The summed E-state index contributed by atoms with van der Waals surface area (Å²) in [6.45, 7) is 10.2. The quantitative estimate of drug-likeness (QED) is 0.539. The highest BCUT2D eigenvalue weighted by molar-refractivity contribution is 8.27. The molecule has 0 bridgehead atoms. The zero-order valence-electron chi connectivity index (χ0n) is 18.9. The fourth-order valence-electron chi connectivity index (χ4n) is 4.02. The maximum atomic E-state index is 12.8. The number of fused-ring (bicyclic) bond motifs is 1. The summed E-state index contributed by atoms with van der Waals surface area (Å²) >= 11 is 7.74. The number of aliphatic imine (C=N–C) groups is 1. The van der Waals surface area contributed by atoms with Crippen molar-refractivity contribution in [3.8, 4) is 5.69 Å². The first kappa shape index (κ1) is 22.6. The van der Waals surface area contributed by atoms with Gasteiger partial charge < -0.3 is 4.57 Å². The minimum atomic E-state index is -0.405. The Kier molecular flexibility index (Phi) is 6.14. The SMILES string of the molecule is CCC(CC)C1=NN2C(=N)/C(=C/c3cc(C)n(-c4ccc(C)c(Cl)c4)c3C)C(=O)N=C2S1. The monoisotopic (exact) mass is 467 g/mol. The standard InChI is InChI=1S/C24H26ClN5OS/c1-6-16(7-2)23-28-30-21(26)19(22(31)27-24(30)32-23)11-17-10-14(4)29(15(17)5)18-9-8-13(3)20(25)12-18/h8-12,16,26H,6-7H2,1-5H3/b19-11-,26-21?. The van der Waals surface area contributed by atoms with Crippen LogP contribution in [0.4, 0.5) is 0 Å². The zero-order chi connectivity index (χ0) is 23.2. The lowest BCUT2D eigenvalue weighted by Crippen LogP contribution is -2.35. The second-order valence-electron chi connectivity index (χ2n) is 8.07. The highest BCUT2D eigenvalue weighted by Gasteiger charge is 2.37. The van der Waals surface area contributed by atoms with Gasteiger partial charge in [-0.3, -0.25) is 10.2 Å². The van der Waals surface area contributed by atoms with Gasteiger partial charge in [-0.15, -0.1) is 0 Å². The van der Waals surface area contributed by atoms with Crippen LogP contribution in [0.2, 0.25) is 5.02 Å². The molecule has 0 unspecified atom stereocenters. The Bertz CT molecular complexity index is 1220. The predicted molar refractivity (Wildman–Crippen MR) is 134 cm³/mol. The van der Waals surface area contributed by atoms with Gasteiger partial charge in [0.15, 0.2) is 5.84 Å². The fraction of sp³-hybridized carbons (Fsp3) is 0.333. The molecule has 3 heterocycles. The summed E-state index contributed by atoms with van der Waals surface area (Å²) in [6, 6.07) is 7.96. The third-order valence-electron chi connectivity index (χ3n) is 5.99. The number of aromatic nitrogens is 1. The number of amidine groups is 2. The van der Waals surface area contributed by atoms with Crippen LogP contribution in [0.25, 0.3) is 11.8 Å². The van der Waals surface area contributed by atoms with Gasteiger partial charge in [-0.1, -0.05) is 31.5 Å². The number of halogens is 1. The molecule has 1 N–H and O–H groups in total. The molecule has 166 valence electrons. The molecule has 2 aliphatic rings. The molecule has 8 heteroatoms. The first-order valence-electron chi connectivity index (χ1n) is 10.7. The van der Waals surface area contributed by atoms with Crippen molar-refractivity contribution in [3.63, 3.8) is 0 Å². The van der Waals surface area contributed by atoms with Gasteiger partial charge in [-0.25, -0.2) is 0 Å². The molecule has 0 spiro atoms. The van der Waals surface area contributed by atoms with Gasteiger partial charge >= 0.3 is 0 Å². The van der Waals surface area contributed by atoms with E-state index in [1.807, 2.05) is 45.0 Å². The van der Waals surface area contributed by atoms with Crippen LogP contribution in [0.3, 0.4) is 0 Å². The van der Waals surface area contributed by atoms with Gasteiger partial charge in [0.25, 0.3) is 5.91 Å². The lowest BCUT2D eigenvalue weighted by molar-refractivity contribution is -0.114. The number of hydrogen-bond acceptors (Lipinski definition) is 4. The van der Waals surface area contributed by atoms with Crippen LogP contribution in [0.1, 0.15) is 49.2 Å². The van der Waals surface area contributed by atoms with E-state index >= 15 is 0 Å². The van der Waals surface area contributed by atoms with Crippen LogP contribution in [0.5, 0.6) is 0 Å². The number of nitrogens with one attached hydrogen (secondary N) is 1. The third-order valence-corrected chi connectivity index (χ3v) is 7.47. The molecular formula is C24H26ClN5OS. The number of amides is 1. The van der Waals surface area contributed by atoms with Gasteiger partial charge in [-0.2, -0.15) is 15.1 Å². The molecule has 4 rings (SSSR count). The van der Waals surface area contributed by atoms with Crippen LogP contribution in [-0.4, -0.2) is 31.5 Å². The second-order valence-corrected chi connectivity index (χ2v) is 9.46. The van der Waals surface area contributed by atoms with E-state index in [9.17, 15) is 4.79 Å². The second kappa shape index (κ2) is 8.71. The van der Waals surface area contributed by atoms with Crippen molar-refractivity contribution in [2.75, 3.05) is 0 Å². The molecule has 2 aliphatic heterocycles. The van der Waals surface area contributed by atoms with E-state index in [2.05, 4.69) is 28.5 Å². The van der Waals surface area contributed by atoms with Gasteiger partial charge in [0.05, 0.1) is 5.57 Å². The van der Waals surface area contributed by atoms with E-state index < -0.39 is 5.91 Å². The first-order valence-corrected chi connectivity index (χ1v) is 11.9. The Hall–Kier alpha value is -2.64. The van der Waals surface area contributed by atoms with Gasteiger partial charge in [0, 0.05) is 28.0 Å².